The monoisotopic (exact) mass is 891 g/mol. The molecule has 0 unspecified atom stereocenters. The van der Waals surface area contributed by atoms with Crippen LogP contribution in [0.4, 0.5) is 22.9 Å². The van der Waals surface area contributed by atoms with E-state index in [-0.39, 0.29) is 16.2 Å². The van der Waals surface area contributed by atoms with Crippen LogP contribution in [0.1, 0.15) is 181 Å². The molecule has 0 saturated heterocycles. The minimum Gasteiger partial charge on any atom is -0.457 e. The number of hydrogen-bond acceptors (Lipinski definition) is 5. The topological polar surface area (TPSA) is 41.0 Å². The standard InChI is InChI=1S/C62H74N4O/c1-36(2)49-20-19-21-50(37(3)4)55(49)66-56(64-61(17)34-43-27-40(7)41(8)28-51(43)62(61,66)18)42-29-45(59(12,13)14)31-48(30-42)67-47-25-38(5)24-46(33-47)65-54-23-22-44(58(9,10)11)32-52(54)60(15,16)53-26-39(6)35-63-57(53)65/h19-33,35-37H,34H2,1-18H3/t61-,62+/m1/s1. The van der Waals surface area contributed by atoms with Crippen LogP contribution in [-0.2, 0) is 28.2 Å². The highest BCUT2D eigenvalue weighted by Crippen LogP contribution is 2.59. The molecule has 2 aliphatic heterocycles. The van der Waals surface area contributed by atoms with Gasteiger partial charge in [0.05, 0.1) is 28.1 Å². The SMILES string of the molecule is Cc1cc(Oc2cc(C3=N[C@]4(C)Cc5cc(C)c(C)cc5[C@]4(C)N3c3c(C(C)C)cccc3C(C)C)cc(C(C)(C)C)c2)cc(N2c3ccc(C(C)(C)C)cc3C(C)(C)c3cc(C)cnc32)c1. The van der Waals surface area contributed by atoms with E-state index in [1.807, 2.05) is 6.20 Å². The number of aliphatic imine (C=N–C) groups is 1. The molecular weight excluding hydrogens is 817 g/mol. The first-order chi connectivity index (χ1) is 31.2. The molecule has 0 fully saturated rings. The molecule has 0 amide bonds. The van der Waals surface area contributed by atoms with Crippen LogP contribution in [0, 0.1) is 27.7 Å². The van der Waals surface area contributed by atoms with Gasteiger partial charge in [0.25, 0.3) is 0 Å². The van der Waals surface area contributed by atoms with E-state index in [9.17, 15) is 0 Å². The maximum atomic E-state index is 7.20. The number of benzene rings is 5. The van der Waals surface area contributed by atoms with Crippen molar-refractivity contribution in [2.24, 2.45) is 4.99 Å². The highest BCUT2D eigenvalue weighted by Gasteiger charge is 2.62. The second kappa shape index (κ2) is 15.7. The molecule has 0 N–H and O–H groups in total. The molecule has 348 valence electrons. The van der Waals surface area contributed by atoms with Crippen LogP contribution in [-0.4, -0.2) is 16.4 Å². The second-order valence-corrected chi connectivity index (χ2v) is 23.9. The number of amidine groups is 1. The number of aromatic nitrogens is 1. The van der Waals surface area contributed by atoms with E-state index in [4.69, 9.17) is 14.7 Å². The first-order valence-electron chi connectivity index (χ1n) is 24.7. The Hall–Kier alpha value is -5.68. The average Bonchev–Trinajstić information content (AvgIpc) is 3.59. The Morgan fingerprint density at radius 3 is 1.91 bits per heavy atom. The van der Waals surface area contributed by atoms with Crippen LogP contribution in [0.25, 0.3) is 0 Å². The smallest absolute Gasteiger partial charge is 0.141 e. The summed E-state index contributed by atoms with van der Waals surface area (Å²) >= 11 is 0. The summed E-state index contributed by atoms with van der Waals surface area (Å²) in [6.07, 6.45) is 2.87. The van der Waals surface area contributed by atoms with E-state index < -0.39 is 11.1 Å². The van der Waals surface area contributed by atoms with Crippen LogP contribution in [0.5, 0.6) is 11.5 Å². The summed E-state index contributed by atoms with van der Waals surface area (Å²) in [5.41, 5.74) is 18.7. The number of anilines is 4. The van der Waals surface area contributed by atoms with Crippen molar-refractivity contribution >= 4 is 28.7 Å². The van der Waals surface area contributed by atoms with E-state index in [0.717, 1.165) is 57.6 Å². The third kappa shape index (κ3) is 7.51. The number of ether oxygens (including phenoxy) is 1. The molecule has 5 nitrogen and oxygen atoms in total. The third-order valence-electron chi connectivity index (χ3n) is 15.6. The Kier molecular flexibility index (Phi) is 10.9. The fraction of sp³-hybridized carbons (Fsp3) is 0.419. The van der Waals surface area contributed by atoms with Crippen molar-refractivity contribution in [3.05, 3.63) is 170 Å². The number of hydrogen-bond donors (Lipinski definition) is 0. The van der Waals surface area contributed by atoms with Crippen molar-refractivity contribution in [2.45, 2.75) is 170 Å². The minimum absolute atomic E-state index is 0.0123. The summed E-state index contributed by atoms with van der Waals surface area (Å²) in [6.45, 7) is 41.4. The number of rotatable bonds is 7. The Morgan fingerprint density at radius 1 is 0.627 bits per heavy atom. The van der Waals surface area contributed by atoms with Crippen molar-refractivity contribution < 1.29 is 4.74 Å². The fourth-order valence-electron chi connectivity index (χ4n) is 11.3. The quantitative estimate of drug-likeness (QED) is 0.160. The molecular formula is C62H74N4O. The molecule has 9 rings (SSSR count). The molecule has 1 aliphatic carbocycles. The van der Waals surface area contributed by atoms with Crippen molar-refractivity contribution in [3.63, 3.8) is 0 Å². The molecule has 1 aromatic heterocycles. The molecule has 2 atom stereocenters. The molecule has 3 heterocycles. The number of para-hydroxylation sites is 1. The van der Waals surface area contributed by atoms with E-state index in [2.05, 4.69) is 225 Å². The van der Waals surface area contributed by atoms with Gasteiger partial charge in [0.15, 0.2) is 0 Å². The van der Waals surface area contributed by atoms with Gasteiger partial charge in [0, 0.05) is 35.2 Å². The number of fused-ring (bicyclic) bond motifs is 5. The van der Waals surface area contributed by atoms with Gasteiger partial charge in [-0.1, -0.05) is 126 Å². The van der Waals surface area contributed by atoms with Crippen molar-refractivity contribution in [1.82, 2.24) is 4.98 Å². The first-order valence-corrected chi connectivity index (χ1v) is 24.7. The Morgan fingerprint density at radius 2 is 1.27 bits per heavy atom. The summed E-state index contributed by atoms with van der Waals surface area (Å²) in [5, 5.41) is 0. The van der Waals surface area contributed by atoms with Gasteiger partial charge in [-0.15, -0.1) is 0 Å². The molecule has 0 spiro atoms. The van der Waals surface area contributed by atoms with Crippen LogP contribution < -0.4 is 14.5 Å². The molecule has 3 aliphatic rings. The lowest BCUT2D eigenvalue weighted by Crippen LogP contribution is -2.52. The van der Waals surface area contributed by atoms with Crippen molar-refractivity contribution in [1.29, 1.82) is 0 Å². The Balaban J connectivity index is 1.22. The Bertz CT molecular complexity index is 2980. The zero-order chi connectivity index (χ0) is 48.5. The van der Waals surface area contributed by atoms with Gasteiger partial charge in [-0.25, -0.2) is 4.98 Å². The number of aryl methyl sites for hydroxylation is 4. The predicted octanol–water partition coefficient (Wildman–Crippen LogP) is 16.6. The largest absolute Gasteiger partial charge is 0.457 e. The van der Waals surface area contributed by atoms with Gasteiger partial charge in [-0.2, -0.15) is 0 Å². The van der Waals surface area contributed by atoms with Crippen LogP contribution in [0.2, 0.25) is 0 Å². The van der Waals surface area contributed by atoms with E-state index in [0.29, 0.717) is 11.8 Å². The average molecular weight is 891 g/mol. The van der Waals surface area contributed by atoms with Gasteiger partial charge in [-0.3, -0.25) is 9.89 Å². The normalized spacial score (nSPS) is 19.7. The van der Waals surface area contributed by atoms with Crippen molar-refractivity contribution in [2.75, 3.05) is 9.80 Å². The zero-order valence-corrected chi connectivity index (χ0v) is 43.8. The second-order valence-electron chi connectivity index (χ2n) is 23.9. The van der Waals surface area contributed by atoms with Gasteiger partial charge in [-0.05, 0) is 168 Å². The lowest BCUT2D eigenvalue weighted by Gasteiger charge is -2.44. The molecule has 5 heteroatoms. The van der Waals surface area contributed by atoms with Crippen LogP contribution in [0.3, 0.4) is 0 Å². The Labute approximate surface area is 402 Å². The molecule has 5 aromatic carbocycles. The van der Waals surface area contributed by atoms with Crippen LogP contribution in [0.15, 0.2) is 102 Å². The van der Waals surface area contributed by atoms with E-state index >= 15 is 0 Å². The maximum absolute atomic E-state index is 7.20. The highest BCUT2D eigenvalue weighted by molar-refractivity contribution is 6.14. The maximum Gasteiger partial charge on any atom is 0.141 e. The summed E-state index contributed by atoms with van der Waals surface area (Å²) < 4.78 is 7.20. The summed E-state index contributed by atoms with van der Waals surface area (Å²) in [7, 11) is 0. The third-order valence-corrected chi connectivity index (χ3v) is 15.6. The van der Waals surface area contributed by atoms with Gasteiger partial charge < -0.3 is 9.64 Å². The van der Waals surface area contributed by atoms with Gasteiger partial charge in [0.2, 0.25) is 0 Å². The first kappa shape index (κ1) is 46.4. The lowest BCUT2D eigenvalue weighted by atomic mass is 9.72. The summed E-state index contributed by atoms with van der Waals surface area (Å²) in [5.74, 6) is 4.17. The van der Waals surface area contributed by atoms with Gasteiger partial charge in [0.1, 0.15) is 23.2 Å². The van der Waals surface area contributed by atoms with E-state index in [1.54, 1.807) is 0 Å². The number of nitrogens with zero attached hydrogens (tertiary/aromatic N) is 4. The molecule has 6 aromatic rings. The molecule has 0 radical (unpaired) electrons. The molecule has 0 bridgehead atoms. The minimum atomic E-state index is -0.440. The summed E-state index contributed by atoms with van der Waals surface area (Å²) in [6, 6.07) is 34.7. The molecule has 0 saturated carbocycles. The number of pyridine rings is 1. The highest BCUT2D eigenvalue weighted by atomic mass is 16.5. The molecule has 67 heavy (non-hydrogen) atoms. The van der Waals surface area contributed by atoms with Crippen LogP contribution >= 0.6 is 0 Å². The zero-order valence-electron chi connectivity index (χ0n) is 43.8. The van der Waals surface area contributed by atoms with E-state index in [1.165, 1.54) is 61.3 Å². The van der Waals surface area contributed by atoms with Gasteiger partial charge >= 0.3 is 0 Å². The summed E-state index contributed by atoms with van der Waals surface area (Å²) in [4.78, 5) is 16.2. The predicted molar refractivity (Wildman–Crippen MR) is 283 cm³/mol. The van der Waals surface area contributed by atoms with Crippen molar-refractivity contribution in [3.8, 4) is 11.5 Å². The lowest BCUT2D eigenvalue weighted by molar-refractivity contribution is 0.321. The fourth-order valence-corrected chi connectivity index (χ4v) is 11.3.